The quantitative estimate of drug-likeness (QED) is 0.599. The van der Waals surface area contributed by atoms with Gasteiger partial charge in [-0.1, -0.05) is 36.4 Å². The van der Waals surface area contributed by atoms with Crippen molar-refractivity contribution in [2.24, 2.45) is 0 Å². The van der Waals surface area contributed by atoms with Crippen LogP contribution in [-0.4, -0.2) is 30.9 Å². The Balaban J connectivity index is 1.73. The van der Waals surface area contributed by atoms with Crippen LogP contribution in [0.1, 0.15) is 33.2 Å². The van der Waals surface area contributed by atoms with Crippen LogP contribution in [0.2, 0.25) is 0 Å². The molecule has 0 radical (unpaired) electrons. The summed E-state index contributed by atoms with van der Waals surface area (Å²) in [6.07, 6.45) is -1.12. The smallest absolute Gasteiger partial charge is 0.339 e. The predicted octanol–water partition coefficient (Wildman–Crippen LogP) is 4.02. The van der Waals surface area contributed by atoms with Crippen molar-refractivity contribution in [3.05, 3.63) is 95.6 Å². The van der Waals surface area contributed by atoms with Gasteiger partial charge in [0.15, 0.2) is 6.10 Å². The molecule has 0 aromatic heterocycles. The van der Waals surface area contributed by atoms with Crippen molar-refractivity contribution < 1.29 is 19.1 Å². The number of nitrogens with zero attached hydrogens (tertiary/aromatic N) is 2. The highest BCUT2D eigenvalue weighted by molar-refractivity contribution is 6.12. The van der Waals surface area contributed by atoms with E-state index in [-0.39, 0.29) is 17.0 Å². The van der Waals surface area contributed by atoms with Crippen LogP contribution in [0.15, 0.2) is 78.9 Å². The van der Waals surface area contributed by atoms with E-state index in [0.717, 1.165) is 0 Å². The fraction of sp³-hybridized carbons (Fsp3) is 0.120. The zero-order valence-electron chi connectivity index (χ0n) is 17.6. The topological polar surface area (TPSA) is 99.5 Å². The second-order valence-electron chi connectivity index (χ2n) is 6.97. The summed E-state index contributed by atoms with van der Waals surface area (Å²) in [5.74, 6) is -1.73. The second kappa shape index (κ2) is 10.0. The van der Waals surface area contributed by atoms with Crippen LogP contribution in [0.4, 0.5) is 11.4 Å². The third kappa shape index (κ3) is 5.18. The Morgan fingerprint density at radius 1 is 0.938 bits per heavy atom. The summed E-state index contributed by atoms with van der Waals surface area (Å²) in [7, 11) is 1.62. The van der Waals surface area contributed by atoms with Gasteiger partial charge in [-0.05, 0) is 49.4 Å². The molecule has 0 aliphatic carbocycles. The van der Waals surface area contributed by atoms with Gasteiger partial charge in [-0.2, -0.15) is 5.26 Å². The number of carbonyl (C=O) groups excluding carboxylic acids is 3. The number of amides is 2. The molecule has 7 nitrogen and oxygen atoms in total. The Hall–Kier alpha value is -4.44. The molecule has 0 aliphatic rings. The van der Waals surface area contributed by atoms with Crippen molar-refractivity contribution in [2.75, 3.05) is 17.3 Å². The van der Waals surface area contributed by atoms with Gasteiger partial charge in [0, 0.05) is 18.4 Å². The minimum atomic E-state index is -1.12. The zero-order valence-corrected chi connectivity index (χ0v) is 17.6. The van der Waals surface area contributed by atoms with E-state index in [9.17, 15) is 14.4 Å². The molecule has 1 atom stereocenters. The summed E-state index contributed by atoms with van der Waals surface area (Å²) in [5, 5.41) is 11.6. The Bertz CT molecular complexity index is 1190. The highest BCUT2D eigenvalue weighted by atomic mass is 16.5. The number of nitrogens with one attached hydrogen (secondary N) is 1. The van der Waals surface area contributed by atoms with Crippen LogP contribution < -0.4 is 10.2 Å². The molecule has 3 aromatic carbocycles. The molecule has 0 heterocycles. The van der Waals surface area contributed by atoms with Crippen LogP contribution in [0.25, 0.3) is 0 Å². The Morgan fingerprint density at radius 2 is 1.59 bits per heavy atom. The van der Waals surface area contributed by atoms with Gasteiger partial charge in [0.25, 0.3) is 11.8 Å². The van der Waals surface area contributed by atoms with Crippen molar-refractivity contribution in [3.63, 3.8) is 0 Å². The van der Waals surface area contributed by atoms with Crippen molar-refractivity contribution >= 4 is 29.2 Å². The molecule has 3 aromatic rings. The number of rotatable bonds is 6. The van der Waals surface area contributed by atoms with Crippen molar-refractivity contribution in [2.45, 2.75) is 13.0 Å². The van der Waals surface area contributed by atoms with Gasteiger partial charge in [0.1, 0.15) is 0 Å². The number of benzene rings is 3. The number of nitriles is 1. The lowest BCUT2D eigenvalue weighted by molar-refractivity contribution is -0.123. The van der Waals surface area contributed by atoms with Gasteiger partial charge in [0.05, 0.1) is 22.8 Å². The molecule has 0 saturated heterocycles. The van der Waals surface area contributed by atoms with Gasteiger partial charge in [0.2, 0.25) is 0 Å². The van der Waals surface area contributed by atoms with Crippen molar-refractivity contribution in [1.82, 2.24) is 0 Å². The molecule has 0 bridgehead atoms. The average molecular weight is 427 g/mol. The van der Waals surface area contributed by atoms with Crippen LogP contribution >= 0.6 is 0 Å². The van der Waals surface area contributed by atoms with Crippen LogP contribution in [0, 0.1) is 11.3 Å². The minimum Gasteiger partial charge on any atom is -0.449 e. The molecule has 160 valence electrons. The molecular weight excluding hydrogens is 406 g/mol. The molecule has 0 fully saturated rings. The van der Waals surface area contributed by atoms with E-state index >= 15 is 0 Å². The highest BCUT2D eigenvalue weighted by Gasteiger charge is 2.24. The summed E-state index contributed by atoms with van der Waals surface area (Å²) in [6.45, 7) is 1.43. The lowest BCUT2D eigenvalue weighted by Gasteiger charge is -2.19. The van der Waals surface area contributed by atoms with Crippen molar-refractivity contribution in [3.8, 4) is 6.07 Å². The minimum absolute atomic E-state index is 0.0615. The van der Waals surface area contributed by atoms with E-state index < -0.39 is 18.0 Å². The average Bonchev–Trinajstić information content (AvgIpc) is 2.83. The van der Waals surface area contributed by atoms with Crippen LogP contribution in [0.3, 0.4) is 0 Å². The first kappa shape index (κ1) is 22.2. The molecule has 0 aliphatic heterocycles. The van der Waals surface area contributed by atoms with Crippen LogP contribution in [-0.2, 0) is 9.53 Å². The lowest BCUT2D eigenvalue weighted by Crippen LogP contribution is -2.32. The largest absolute Gasteiger partial charge is 0.449 e. The third-order valence-corrected chi connectivity index (χ3v) is 4.74. The maximum atomic E-state index is 13.0. The van der Waals surface area contributed by atoms with Crippen LogP contribution in [0.5, 0.6) is 0 Å². The number of anilines is 2. The fourth-order valence-corrected chi connectivity index (χ4v) is 2.99. The number of carbonyl (C=O) groups is 3. The summed E-state index contributed by atoms with van der Waals surface area (Å²) in [5.41, 5.74) is 1.71. The fourth-order valence-electron chi connectivity index (χ4n) is 2.99. The van der Waals surface area contributed by atoms with E-state index in [1.54, 1.807) is 49.5 Å². The number of hydrogen-bond donors (Lipinski definition) is 1. The van der Waals surface area contributed by atoms with Gasteiger partial charge in [-0.3, -0.25) is 9.59 Å². The molecule has 0 spiro atoms. The standard InChI is InChI=1S/C25H21N3O4/c1-17(23(29)27-19-10-8-9-18(15-19)16-26)32-25(31)22-14-7-6-13-21(22)24(30)28(2)20-11-4-3-5-12-20/h3-15,17H,1-2H3,(H,27,29). The third-order valence-electron chi connectivity index (χ3n) is 4.74. The van der Waals surface area contributed by atoms with E-state index in [2.05, 4.69) is 5.32 Å². The van der Waals surface area contributed by atoms with Gasteiger partial charge < -0.3 is 15.0 Å². The predicted molar refractivity (Wildman–Crippen MR) is 120 cm³/mol. The van der Waals surface area contributed by atoms with Gasteiger partial charge >= 0.3 is 5.97 Å². The summed E-state index contributed by atoms with van der Waals surface area (Å²) < 4.78 is 5.32. The molecule has 0 saturated carbocycles. The van der Waals surface area contributed by atoms with Gasteiger partial charge in [-0.15, -0.1) is 0 Å². The maximum absolute atomic E-state index is 13.0. The highest BCUT2D eigenvalue weighted by Crippen LogP contribution is 2.19. The number of para-hydroxylation sites is 1. The monoisotopic (exact) mass is 427 g/mol. The van der Waals surface area contributed by atoms with Crippen molar-refractivity contribution in [1.29, 1.82) is 5.26 Å². The lowest BCUT2D eigenvalue weighted by atomic mass is 10.1. The molecule has 32 heavy (non-hydrogen) atoms. The first-order valence-corrected chi connectivity index (χ1v) is 9.85. The SMILES string of the molecule is CC(OC(=O)c1ccccc1C(=O)N(C)c1ccccc1)C(=O)Nc1cccc(C#N)c1. The summed E-state index contributed by atoms with van der Waals surface area (Å²) >= 11 is 0. The summed E-state index contributed by atoms with van der Waals surface area (Å²) in [4.78, 5) is 39.7. The van der Waals surface area contributed by atoms with E-state index in [1.807, 2.05) is 24.3 Å². The Morgan fingerprint density at radius 3 is 2.28 bits per heavy atom. The van der Waals surface area contributed by atoms with E-state index in [4.69, 9.17) is 10.00 Å². The number of hydrogen-bond acceptors (Lipinski definition) is 5. The van der Waals surface area contributed by atoms with Gasteiger partial charge in [-0.25, -0.2) is 4.79 Å². The second-order valence-corrected chi connectivity index (χ2v) is 6.97. The molecule has 2 amide bonds. The molecule has 7 heteroatoms. The first-order chi connectivity index (χ1) is 15.4. The number of ether oxygens (including phenoxy) is 1. The number of esters is 1. The van der Waals surface area contributed by atoms with E-state index in [0.29, 0.717) is 16.9 Å². The Kier molecular flexibility index (Phi) is 6.99. The molecule has 1 N–H and O–H groups in total. The van der Waals surface area contributed by atoms with E-state index in [1.165, 1.54) is 30.0 Å². The maximum Gasteiger partial charge on any atom is 0.339 e. The Labute approximate surface area is 185 Å². The first-order valence-electron chi connectivity index (χ1n) is 9.85. The molecule has 3 rings (SSSR count). The zero-order chi connectivity index (χ0) is 23.1. The summed E-state index contributed by atoms with van der Waals surface area (Å²) in [6, 6.07) is 23.7. The molecule has 1 unspecified atom stereocenters. The molecular formula is C25H21N3O4. The normalized spacial score (nSPS) is 11.0.